The zero-order valence-corrected chi connectivity index (χ0v) is 13.1. The summed E-state index contributed by atoms with van der Waals surface area (Å²) < 4.78 is 0. The molecule has 0 aliphatic heterocycles. The number of aromatic carboxylic acids is 1. The van der Waals surface area contributed by atoms with Gasteiger partial charge in [-0.05, 0) is 41.8 Å². The molecule has 2 aromatic rings. The van der Waals surface area contributed by atoms with Crippen molar-refractivity contribution in [3.63, 3.8) is 0 Å². The molecule has 0 aromatic heterocycles. The molecule has 2 rings (SSSR count). The van der Waals surface area contributed by atoms with Crippen LogP contribution in [0.25, 0.3) is 17.2 Å². The normalized spacial score (nSPS) is 11.0. The highest BCUT2D eigenvalue weighted by Gasteiger charge is 2.08. The van der Waals surface area contributed by atoms with Crippen LogP contribution in [0.4, 0.5) is 0 Å². The topological polar surface area (TPSA) is 119 Å². The summed E-state index contributed by atoms with van der Waals surface area (Å²) in [5, 5.41) is 8.97. The number of nitrogens with two attached hydrogens (primary N) is 2. The molecule has 0 spiro atoms. The molecule has 0 heterocycles. The van der Waals surface area contributed by atoms with E-state index in [-0.39, 0.29) is 11.5 Å². The van der Waals surface area contributed by atoms with E-state index < -0.39 is 11.9 Å². The summed E-state index contributed by atoms with van der Waals surface area (Å²) in [6.45, 7) is 1.62. The Labute approximate surface area is 139 Å². The number of nitrogens with zero attached hydrogens (tertiary/aromatic N) is 1. The van der Waals surface area contributed by atoms with Crippen molar-refractivity contribution in [2.75, 3.05) is 0 Å². The fourth-order valence-corrected chi connectivity index (χ4v) is 2.18. The number of guanidine groups is 1. The molecule has 0 aliphatic rings. The molecule has 2 aromatic carbocycles. The maximum atomic E-state index is 11.8. The standard InChI is InChI=1S/C18H17N3O3/c1-11(16(22)21-18(19)20)10-14-4-2-3-5-15(14)12-6-8-13(9-7-12)17(23)24/h2-10H,1H3,(H,23,24)(H4,19,20,21,22). The number of aliphatic imine (C=N–C) groups is 1. The van der Waals surface area contributed by atoms with Crippen molar-refractivity contribution in [2.45, 2.75) is 6.92 Å². The summed E-state index contributed by atoms with van der Waals surface area (Å²) in [5.74, 6) is -1.77. The Morgan fingerprint density at radius 3 is 2.25 bits per heavy atom. The molecule has 0 bridgehead atoms. The first-order chi connectivity index (χ1) is 11.4. The fraction of sp³-hybridized carbons (Fsp3) is 0.0556. The van der Waals surface area contributed by atoms with Gasteiger partial charge in [0.1, 0.15) is 0 Å². The van der Waals surface area contributed by atoms with Crippen LogP contribution in [0, 0.1) is 0 Å². The molecule has 5 N–H and O–H groups in total. The van der Waals surface area contributed by atoms with E-state index in [1.165, 1.54) is 12.1 Å². The highest BCUT2D eigenvalue weighted by Crippen LogP contribution is 2.26. The molecule has 0 radical (unpaired) electrons. The van der Waals surface area contributed by atoms with Gasteiger partial charge in [-0.15, -0.1) is 0 Å². The van der Waals surface area contributed by atoms with Crippen molar-refractivity contribution in [2.24, 2.45) is 16.5 Å². The van der Waals surface area contributed by atoms with Crippen molar-refractivity contribution < 1.29 is 14.7 Å². The van der Waals surface area contributed by atoms with E-state index >= 15 is 0 Å². The first kappa shape index (κ1) is 17.0. The maximum Gasteiger partial charge on any atom is 0.335 e. The van der Waals surface area contributed by atoms with Crippen LogP contribution in [0.5, 0.6) is 0 Å². The second-order valence-electron chi connectivity index (χ2n) is 5.14. The Kier molecular flexibility index (Phi) is 5.11. The van der Waals surface area contributed by atoms with Gasteiger partial charge < -0.3 is 16.6 Å². The minimum atomic E-state index is -0.978. The van der Waals surface area contributed by atoms with Crippen molar-refractivity contribution in [3.05, 3.63) is 65.2 Å². The third-order valence-corrected chi connectivity index (χ3v) is 3.34. The van der Waals surface area contributed by atoms with Gasteiger partial charge in [0.05, 0.1) is 5.56 Å². The summed E-state index contributed by atoms with van der Waals surface area (Å²) in [5.41, 5.74) is 13.5. The van der Waals surface area contributed by atoms with Crippen LogP contribution in [0.2, 0.25) is 0 Å². The van der Waals surface area contributed by atoms with E-state index in [0.717, 1.165) is 16.7 Å². The fourth-order valence-electron chi connectivity index (χ4n) is 2.18. The van der Waals surface area contributed by atoms with Gasteiger partial charge in [0, 0.05) is 5.57 Å². The van der Waals surface area contributed by atoms with Crippen LogP contribution in [-0.4, -0.2) is 22.9 Å². The quantitative estimate of drug-likeness (QED) is 0.453. The number of benzene rings is 2. The molecule has 0 saturated heterocycles. The number of carbonyl (C=O) groups excluding carboxylic acids is 1. The van der Waals surface area contributed by atoms with Crippen molar-refractivity contribution >= 4 is 23.9 Å². The molecular formula is C18H17N3O3. The monoisotopic (exact) mass is 323 g/mol. The highest BCUT2D eigenvalue weighted by molar-refractivity contribution is 6.04. The van der Waals surface area contributed by atoms with Gasteiger partial charge in [0.2, 0.25) is 0 Å². The SMILES string of the molecule is CC(=Cc1ccccc1-c1ccc(C(=O)O)cc1)C(=O)N=C(N)N. The minimum absolute atomic E-state index is 0.214. The number of carbonyl (C=O) groups is 2. The van der Waals surface area contributed by atoms with Gasteiger partial charge in [-0.3, -0.25) is 4.79 Å². The molecule has 1 amide bonds. The Bertz CT molecular complexity index is 833. The third kappa shape index (κ3) is 4.07. The van der Waals surface area contributed by atoms with Gasteiger partial charge in [-0.2, -0.15) is 4.99 Å². The van der Waals surface area contributed by atoms with Gasteiger partial charge in [-0.1, -0.05) is 36.4 Å². The van der Waals surface area contributed by atoms with Gasteiger partial charge >= 0.3 is 5.97 Å². The van der Waals surface area contributed by atoms with E-state index in [4.69, 9.17) is 16.6 Å². The number of hydrogen-bond acceptors (Lipinski definition) is 2. The van der Waals surface area contributed by atoms with Crippen molar-refractivity contribution in [3.8, 4) is 11.1 Å². The lowest BCUT2D eigenvalue weighted by Crippen LogP contribution is -2.24. The van der Waals surface area contributed by atoms with Crippen LogP contribution < -0.4 is 11.5 Å². The summed E-state index contributed by atoms with van der Waals surface area (Å²) in [7, 11) is 0. The van der Waals surface area contributed by atoms with E-state index in [2.05, 4.69) is 4.99 Å². The second kappa shape index (κ2) is 7.23. The zero-order valence-electron chi connectivity index (χ0n) is 13.1. The Morgan fingerprint density at radius 1 is 1.04 bits per heavy atom. The molecule has 122 valence electrons. The van der Waals surface area contributed by atoms with Gasteiger partial charge in [-0.25, -0.2) is 4.79 Å². The Morgan fingerprint density at radius 2 is 1.67 bits per heavy atom. The number of carboxylic acid groups (broad SMARTS) is 1. The van der Waals surface area contributed by atoms with Gasteiger partial charge in [0.15, 0.2) is 5.96 Å². The molecule has 0 unspecified atom stereocenters. The molecule has 0 fully saturated rings. The van der Waals surface area contributed by atoms with Gasteiger partial charge in [0.25, 0.3) is 5.91 Å². The van der Waals surface area contributed by atoms with Crippen LogP contribution in [-0.2, 0) is 4.79 Å². The summed E-state index contributed by atoms with van der Waals surface area (Å²) in [4.78, 5) is 26.3. The lowest BCUT2D eigenvalue weighted by atomic mass is 9.97. The van der Waals surface area contributed by atoms with Crippen LogP contribution in [0.1, 0.15) is 22.8 Å². The average Bonchev–Trinajstić information content (AvgIpc) is 2.54. The van der Waals surface area contributed by atoms with E-state index in [1.54, 1.807) is 25.1 Å². The number of carboxylic acids is 1. The summed E-state index contributed by atoms with van der Waals surface area (Å²) in [6, 6.07) is 14.0. The molecule has 6 heteroatoms. The Balaban J connectivity index is 2.42. The van der Waals surface area contributed by atoms with E-state index in [1.807, 2.05) is 24.3 Å². The first-order valence-electron chi connectivity index (χ1n) is 7.13. The van der Waals surface area contributed by atoms with Crippen LogP contribution >= 0.6 is 0 Å². The summed E-state index contributed by atoms with van der Waals surface area (Å²) in [6.07, 6.45) is 1.69. The predicted octanol–water partition coefficient (Wildman–Crippen LogP) is 2.26. The van der Waals surface area contributed by atoms with E-state index in [0.29, 0.717) is 5.57 Å². The smallest absolute Gasteiger partial charge is 0.335 e. The lowest BCUT2D eigenvalue weighted by molar-refractivity contribution is -0.114. The predicted molar refractivity (Wildman–Crippen MR) is 93.3 cm³/mol. The largest absolute Gasteiger partial charge is 0.478 e. The third-order valence-electron chi connectivity index (χ3n) is 3.34. The van der Waals surface area contributed by atoms with Crippen molar-refractivity contribution in [1.82, 2.24) is 0 Å². The Hall–Kier alpha value is -3.41. The summed E-state index contributed by atoms with van der Waals surface area (Å²) >= 11 is 0. The molecule has 0 saturated carbocycles. The van der Waals surface area contributed by atoms with Crippen LogP contribution in [0.15, 0.2) is 59.1 Å². The van der Waals surface area contributed by atoms with Crippen molar-refractivity contribution in [1.29, 1.82) is 0 Å². The average molecular weight is 323 g/mol. The maximum absolute atomic E-state index is 11.8. The lowest BCUT2D eigenvalue weighted by Gasteiger charge is -2.08. The molecule has 6 nitrogen and oxygen atoms in total. The van der Waals surface area contributed by atoms with E-state index in [9.17, 15) is 9.59 Å². The highest BCUT2D eigenvalue weighted by atomic mass is 16.4. The molecule has 0 atom stereocenters. The number of rotatable bonds is 4. The van der Waals surface area contributed by atoms with Crippen LogP contribution in [0.3, 0.4) is 0 Å². The first-order valence-corrected chi connectivity index (χ1v) is 7.13. The molecule has 24 heavy (non-hydrogen) atoms. The molecule has 0 aliphatic carbocycles. The number of hydrogen-bond donors (Lipinski definition) is 3. The minimum Gasteiger partial charge on any atom is -0.478 e. The molecular weight excluding hydrogens is 306 g/mol. The number of amides is 1. The zero-order chi connectivity index (χ0) is 17.7. The second-order valence-corrected chi connectivity index (χ2v) is 5.14.